The number of halogens is 1. The van der Waals surface area contributed by atoms with E-state index in [0.29, 0.717) is 0 Å². The van der Waals surface area contributed by atoms with Crippen LogP contribution in [0, 0.1) is 11.3 Å². The van der Waals surface area contributed by atoms with Crippen molar-refractivity contribution < 1.29 is 9.90 Å². The number of carbonyl (C=O) groups is 1. The third kappa shape index (κ3) is 3.84. The summed E-state index contributed by atoms with van der Waals surface area (Å²) in [6, 6.07) is -0.190. The molecule has 0 fully saturated rings. The molecule has 0 saturated heterocycles. The van der Waals surface area contributed by atoms with Gasteiger partial charge < -0.3 is 10.4 Å². The first-order chi connectivity index (χ1) is 6.35. The average molecular weight is 222 g/mol. The number of alkyl halides is 1. The van der Waals surface area contributed by atoms with E-state index in [0.717, 1.165) is 0 Å². The Kier molecular flexibility index (Phi) is 5.45. The van der Waals surface area contributed by atoms with Crippen LogP contribution in [0.25, 0.3) is 0 Å². The molecule has 0 aliphatic carbocycles. The summed E-state index contributed by atoms with van der Waals surface area (Å²) in [6.07, 6.45) is 0. The van der Waals surface area contributed by atoms with Crippen molar-refractivity contribution >= 4 is 17.5 Å². The highest BCUT2D eigenvalue weighted by molar-refractivity contribution is 6.19. The molecule has 0 aromatic rings. The van der Waals surface area contributed by atoms with E-state index in [-0.39, 0.29) is 30.4 Å². The molecule has 0 aromatic heterocycles. The molecule has 0 heterocycles. The Morgan fingerprint density at radius 1 is 1.50 bits per heavy atom. The van der Waals surface area contributed by atoms with Crippen molar-refractivity contribution in [2.75, 3.05) is 12.5 Å². The zero-order chi connectivity index (χ0) is 11.4. The first-order valence-corrected chi connectivity index (χ1v) is 5.36. The lowest BCUT2D eigenvalue weighted by Gasteiger charge is -2.26. The van der Waals surface area contributed by atoms with E-state index in [2.05, 4.69) is 5.32 Å². The van der Waals surface area contributed by atoms with Gasteiger partial charge in [-0.2, -0.15) is 0 Å². The molecule has 84 valence electrons. The van der Waals surface area contributed by atoms with Crippen LogP contribution in [0.2, 0.25) is 0 Å². The van der Waals surface area contributed by atoms with Gasteiger partial charge in [-0.1, -0.05) is 13.8 Å². The van der Waals surface area contributed by atoms with Crippen LogP contribution in [-0.2, 0) is 4.79 Å². The van der Waals surface area contributed by atoms with Crippen molar-refractivity contribution in [1.29, 1.82) is 0 Å². The smallest absolute Gasteiger partial charge is 0.227 e. The van der Waals surface area contributed by atoms with E-state index in [1.54, 1.807) is 13.8 Å². The summed E-state index contributed by atoms with van der Waals surface area (Å²) in [4.78, 5) is 11.7. The van der Waals surface area contributed by atoms with Gasteiger partial charge in [0.15, 0.2) is 0 Å². The minimum absolute atomic E-state index is 0.0399. The second kappa shape index (κ2) is 5.56. The highest BCUT2D eigenvalue weighted by Gasteiger charge is 2.28. The van der Waals surface area contributed by atoms with Crippen LogP contribution in [0.3, 0.4) is 0 Å². The molecule has 0 aliphatic rings. The Bertz CT molecular complexity index is 193. The van der Waals surface area contributed by atoms with Gasteiger partial charge in [0.1, 0.15) is 0 Å². The van der Waals surface area contributed by atoms with Crippen molar-refractivity contribution in [3.8, 4) is 0 Å². The molecule has 0 aliphatic heterocycles. The highest BCUT2D eigenvalue weighted by Crippen LogP contribution is 2.17. The molecule has 0 saturated carbocycles. The lowest BCUT2D eigenvalue weighted by Crippen LogP contribution is -2.47. The molecule has 0 spiro atoms. The van der Waals surface area contributed by atoms with E-state index in [1.165, 1.54) is 0 Å². The number of aliphatic hydroxyl groups is 1. The van der Waals surface area contributed by atoms with Gasteiger partial charge in [-0.25, -0.2) is 0 Å². The van der Waals surface area contributed by atoms with Crippen LogP contribution in [-0.4, -0.2) is 29.5 Å². The highest BCUT2D eigenvalue weighted by atomic mass is 35.5. The summed E-state index contributed by atoms with van der Waals surface area (Å²) in [7, 11) is 0. The third-order valence-corrected chi connectivity index (χ3v) is 2.93. The molecular weight excluding hydrogens is 202 g/mol. The van der Waals surface area contributed by atoms with E-state index in [1.807, 2.05) is 13.8 Å². The zero-order valence-electron chi connectivity index (χ0n) is 9.30. The molecule has 2 N–H and O–H groups in total. The van der Waals surface area contributed by atoms with E-state index in [9.17, 15) is 4.79 Å². The number of rotatable bonds is 5. The number of amides is 1. The van der Waals surface area contributed by atoms with Crippen LogP contribution >= 0.6 is 11.6 Å². The Morgan fingerprint density at radius 3 is 2.29 bits per heavy atom. The topological polar surface area (TPSA) is 49.3 Å². The van der Waals surface area contributed by atoms with E-state index in [4.69, 9.17) is 16.7 Å². The lowest BCUT2D eigenvalue weighted by atomic mass is 9.94. The van der Waals surface area contributed by atoms with Crippen molar-refractivity contribution in [3.63, 3.8) is 0 Å². The van der Waals surface area contributed by atoms with Gasteiger partial charge in [0.2, 0.25) is 5.91 Å². The first kappa shape index (κ1) is 13.7. The molecule has 0 rings (SSSR count). The fraction of sp³-hybridized carbons (Fsp3) is 0.900. The maximum Gasteiger partial charge on any atom is 0.227 e. The molecule has 0 radical (unpaired) electrons. The molecule has 4 heteroatoms. The summed E-state index contributed by atoms with van der Waals surface area (Å²) < 4.78 is 0. The van der Waals surface area contributed by atoms with Gasteiger partial charge >= 0.3 is 0 Å². The van der Waals surface area contributed by atoms with Gasteiger partial charge in [-0.3, -0.25) is 4.79 Å². The Labute approximate surface area is 90.8 Å². The molecule has 0 aromatic carbocycles. The summed E-state index contributed by atoms with van der Waals surface area (Å²) >= 11 is 5.67. The summed E-state index contributed by atoms with van der Waals surface area (Å²) in [5.41, 5.74) is -0.579. The SMILES string of the molecule is CC(C)C(CO)NC(=O)C(C)(C)CCl. The molecule has 3 nitrogen and oxygen atoms in total. The number of hydrogen-bond acceptors (Lipinski definition) is 2. The minimum atomic E-state index is -0.579. The van der Waals surface area contributed by atoms with Crippen molar-refractivity contribution in [3.05, 3.63) is 0 Å². The van der Waals surface area contributed by atoms with Crippen molar-refractivity contribution in [1.82, 2.24) is 5.32 Å². The van der Waals surface area contributed by atoms with Crippen LogP contribution in [0.1, 0.15) is 27.7 Å². The fourth-order valence-electron chi connectivity index (χ4n) is 0.848. The number of aliphatic hydroxyl groups excluding tert-OH is 1. The first-order valence-electron chi connectivity index (χ1n) is 4.83. The van der Waals surface area contributed by atoms with Crippen LogP contribution in [0.5, 0.6) is 0 Å². The van der Waals surface area contributed by atoms with Crippen molar-refractivity contribution in [2.24, 2.45) is 11.3 Å². The number of carbonyl (C=O) groups excluding carboxylic acids is 1. The zero-order valence-corrected chi connectivity index (χ0v) is 10.1. The quantitative estimate of drug-likeness (QED) is 0.690. The van der Waals surface area contributed by atoms with E-state index >= 15 is 0 Å². The largest absolute Gasteiger partial charge is 0.394 e. The molecule has 1 unspecified atom stereocenters. The summed E-state index contributed by atoms with van der Waals surface area (Å²) in [5, 5.41) is 11.8. The van der Waals surface area contributed by atoms with Gasteiger partial charge in [0.05, 0.1) is 18.1 Å². The number of hydrogen-bond donors (Lipinski definition) is 2. The molecular formula is C10H20ClNO2. The second-order valence-corrected chi connectivity index (χ2v) is 4.79. The standard InChI is InChI=1S/C10H20ClNO2/c1-7(2)8(5-13)12-9(14)10(3,4)6-11/h7-8,13H,5-6H2,1-4H3,(H,12,14). The Balaban J connectivity index is 4.30. The molecule has 1 atom stereocenters. The van der Waals surface area contributed by atoms with Crippen LogP contribution < -0.4 is 5.32 Å². The Hall–Kier alpha value is -0.280. The maximum atomic E-state index is 11.7. The normalized spacial score (nSPS) is 14.2. The van der Waals surface area contributed by atoms with Gasteiger partial charge in [-0.15, -0.1) is 11.6 Å². The molecule has 0 bridgehead atoms. The van der Waals surface area contributed by atoms with Gasteiger partial charge in [-0.05, 0) is 19.8 Å². The predicted molar refractivity (Wildman–Crippen MR) is 58.4 cm³/mol. The Morgan fingerprint density at radius 2 is 2.00 bits per heavy atom. The second-order valence-electron chi connectivity index (χ2n) is 4.52. The van der Waals surface area contributed by atoms with Crippen LogP contribution in [0.15, 0.2) is 0 Å². The van der Waals surface area contributed by atoms with Gasteiger partial charge in [0, 0.05) is 5.88 Å². The van der Waals surface area contributed by atoms with Crippen LogP contribution in [0.4, 0.5) is 0 Å². The third-order valence-electron chi connectivity index (χ3n) is 2.27. The minimum Gasteiger partial charge on any atom is -0.394 e. The van der Waals surface area contributed by atoms with Gasteiger partial charge in [0.25, 0.3) is 0 Å². The fourth-order valence-corrected chi connectivity index (χ4v) is 0.969. The molecule has 1 amide bonds. The lowest BCUT2D eigenvalue weighted by molar-refractivity contribution is -0.129. The molecule has 14 heavy (non-hydrogen) atoms. The van der Waals surface area contributed by atoms with Crippen molar-refractivity contribution in [2.45, 2.75) is 33.7 Å². The monoisotopic (exact) mass is 221 g/mol. The summed E-state index contributed by atoms with van der Waals surface area (Å²) in [6.45, 7) is 7.43. The maximum absolute atomic E-state index is 11.7. The van der Waals surface area contributed by atoms with E-state index < -0.39 is 5.41 Å². The summed E-state index contributed by atoms with van der Waals surface area (Å²) in [5.74, 6) is 0.380. The predicted octanol–water partition coefficient (Wildman–Crippen LogP) is 1.38. The number of nitrogens with one attached hydrogen (secondary N) is 1. The average Bonchev–Trinajstić information content (AvgIpc) is 2.12.